The molecule has 0 aliphatic carbocycles. The predicted molar refractivity (Wildman–Crippen MR) is 44.7 cm³/mol. The lowest BCUT2D eigenvalue weighted by Crippen LogP contribution is -2.14. The van der Waals surface area contributed by atoms with Gasteiger partial charge < -0.3 is 5.32 Å². The number of allylic oxidation sites excluding steroid dienone is 1. The number of hydrogen-bond acceptors (Lipinski definition) is 1. The van der Waals surface area contributed by atoms with E-state index in [1.807, 2.05) is 0 Å². The van der Waals surface area contributed by atoms with Gasteiger partial charge in [0.2, 0.25) is 0 Å². The van der Waals surface area contributed by atoms with E-state index in [9.17, 15) is 0 Å². The second-order valence-corrected chi connectivity index (χ2v) is 3.33. The first-order valence-electron chi connectivity index (χ1n) is 4.19. The van der Waals surface area contributed by atoms with Crippen LogP contribution in [-0.4, -0.2) is 6.54 Å². The summed E-state index contributed by atoms with van der Waals surface area (Å²) in [5, 5.41) is 3.42. The van der Waals surface area contributed by atoms with Crippen LogP contribution in [0.2, 0.25) is 0 Å². The summed E-state index contributed by atoms with van der Waals surface area (Å²) in [7, 11) is 0. The summed E-state index contributed by atoms with van der Waals surface area (Å²) < 4.78 is 0. The molecule has 0 aromatic carbocycles. The molecule has 10 heavy (non-hydrogen) atoms. The van der Waals surface area contributed by atoms with Crippen molar-refractivity contribution in [1.82, 2.24) is 5.32 Å². The van der Waals surface area contributed by atoms with Crippen LogP contribution in [0.3, 0.4) is 0 Å². The number of nitrogens with one attached hydrogen (secondary N) is 1. The Kier molecular flexibility index (Phi) is 2.36. The summed E-state index contributed by atoms with van der Waals surface area (Å²) in [5.74, 6) is 1.47. The van der Waals surface area contributed by atoms with Crippen LogP contribution in [0.5, 0.6) is 0 Å². The third-order valence-corrected chi connectivity index (χ3v) is 2.13. The number of hydrogen-bond donors (Lipinski definition) is 1. The molecule has 1 unspecified atom stereocenters. The Balaban J connectivity index is 2.48. The van der Waals surface area contributed by atoms with Gasteiger partial charge in [-0.3, -0.25) is 0 Å². The molecule has 0 fully saturated rings. The minimum Gasteiger partial charge on any atom is -0.388 e. The average molecular weight is 139 g/mol. The molecule has 1 N–H and O–H groups in total. The lowest BCUT2D eigenvalue weighted by Gasteiger charge is -2.05. The summed E-state index contributed by atoms with van der Waals surface area (Å²) in [6, 6.07) is 0. The lowest BCUT2D eigenvalue weighted by molar-refractivity contribution is 0.615. The molecule has 1 heteroatoms. The Hall–Kier alpha value is -0.460. The molecule has 1 atom stereocenters. The fourth-order valence-corrected chi connectivity index (χ4v) is 1.28. The highest BCUT2D eigenvalue weighted by atomic mass is 14.9. The van der Waals surface area contributed by atoms with Crippen LogP contribution in [0.4, 0.5) is 0 Å². The van der Waals surface area contributed by atoms with Gasteiger partial charge in [-0.2, -0.15) is 0 Å². The van der Waals surface area contributed by atoms with E-state index in [4.69, 9.17) is 0 Å². The van der Waals surface area contributed by atoms with E-state index in [1.54, 1.807) is 0 Å². The van der Waals surface area contributed by atoms with Crippen molar-refractivity contribution >= 4 is 0 Å². The minimum atomic E-state index is 0.677. The van der Waals surface area contributed by atoms with Gasteiger partial charge in [-0.05, 0) is 18.3 Å². The predicted octanol–water partition coefficient (Wildman–Crippen LogP) is 2.16. The molecule has 0 amide bonds. The van der Waals surface area contributed by atoms with Gasteiger partial charge in [0.05, 0.1) is 0 Å². The van der Waals surface area contributed by atoms with E-state index in [-0.39, 0.29) is 0 Å². The van der Waals surface area contributed by atoms with E-state index >= 15 is 0 Å². The van der Waals surface area contributed by atoms with Gasteiger partial charge in [0.15, 0.2) is 0 Å². The smallest absolute Gasteiger partial charge is 0.0207 e. The first-order chi connectivity index (χ1) is 4.74. The molecule has 1 rings (SSSR count). The van der Waals surface area contributed by atoms with Crippen molar-refractivity contribution in [2.75, 3.05) is 6.54 Å². The highest BCUT2D eigenvalue weighted by Crippen LogP contribution is 2.18. The third kappa shape index (κ3) is 1.53. The Labute approximate surface area is 63.5 Å². The van der Waals surface area contributed by atoms with Crippen molar-refractivity contribution in [3.8, 4) is 0 Å². The normalized spacial score (nSPS) is 24.8. The zero-order chi connectivity index (χ0) is 7.56. The monoisotopic (exact) mass is 139 g/mol. The second kappa shape index (κ2) is 3.09. The van der Waals surface area contributed by atoms with Gasteiger partial charge in [-0.25, -0.2) is 0 Å². The standard InChI is InChI=1S/C9H17N/c1-4-8-5-9(7(2)3)10-6-8/h5,7-8,10H,4,6H2,1-3H3. The summed E-state index contributed by atoms with van der Waals surface area (Å²) in [6.07, 6.45) is 3.65. The quantitative estimate of drug-likeness (QED) is 0.618. The fraction of sp³-hybridized carbons (Fsp3) is 0.778. The largest absolute Gasteiger partial charge is 0.388 e. The average Bonchev–Trinajstić information content (AvgIpc) is 2.34. The van der Waals surface area contributed by atoms with E-state index in [0.717, 1.165) is 12.5 Å². The molecule has 0 bridgehead atoms. The van der Waals surface area contributed by atoms with Crippen LogP contribution >= 0.6 is 0 Å². The zero-order valence-electron chi connectivity index (χ0n) is 7.15. The summed E-state index contributed by atoms with van der Waals surface area (Å²) in [6.45, 7) is 7.86. The maximum atomic E-state index is 3.42. The van der Waals surface area contributed by atoms with Crippen molar-refractivity contribution in [3.05, 3.63) is 11.8 Å². The molecule has 1 heterocycles. The van der Waals surface area contributed by atoms with Crippen LogP contribution in [-0.2, 0) is 0 Å². The third-order valence-electron chi connectivity index (χ3n) is 2.13. The van der Waals surface area contributed by atoms with Crippen molar-refractivity contribution < 1.29 is 0 Å². The highest BCUT2D eigenvalue weighted by Gasteiger charge is 2.14. The Morgan fingerprint density at radius 3 is 2.70 bits per heavy atom. The van der Waals surface area contributed by atoms with Gasteiger partial charge in [0.1, 0.15) is 0 Å². The molecule has 0 aromatic rings. The fourth-order valence-electron chi connectivity index (χ4n) is 1.28. The van der Waals surface area contributed by atoms with Crippen LogP contribution in [0, 0.1) is 11.8 Å². The van der Waals surface area contributed by atoms with Gasteiger partial charge in [0, 0.05) is 12.2 Å². The van der Waals surface area contributed by atoms with E-state index in [2.05, 4.69) is 32.2 Å². The lowest BCUT2D eigenvalue weighted by atomic mass is 10.1. The number of rotatable bonds is 2. The highest BCUT2D eigenvalue weighted by molar-refractivity contribution is 5.11. The Morgan fingerprint density at radius 1 is 1.70 bits per heavy atom. The van der Waals surface area contributed by atoms with E-state index in [1.165, 1.54) is 12.1 Å². The molecule has 1 nitrogen and oxygen atoms in total. The topological polar surface area (TPSA) is 12.0 Å². The second-order valence-electron chi connectivity index (χ2n) is 3.33. The maximum absolute atomic E-state index is 3.42. The van der Waals surface area contributed by atoms with Crippen LogP contribution < -0.4 is 5.32 Å². The van der Waals surface area contributed by atoms with Crippen LogP contribution in [0.1, 0.15) is 27.2 Å². The molecule has 0 saturated heterocycles. The van der Waals surface area contributed by atoms with Crippen LogP contribution in [0.15, 0.2) is 11.8 Å². The van der Waals surface area contributed by atoms with Gasteiger partial charge >= 0.3 is 0 Å². The maximum Gasteiger partial charge on any atom is 0.0207 e. The van der Waals surface area contributed by atoms with Crippen LogP contribution in [0.25, 0.3) is 0 Å². The molecule has 1 aliphatic heterocycles. The van der Waals surface area contributed by atoms with Crippen molar-refractivity contribution in [1.29, 1.82) is 0 Å². The van der Waals surface area contributed by atoms with Gasteiger partial charge in [0.25, 0.3) is 0 Å². The Bertz CT molecular complexity index is 136. The van der Waals surface area contributed by atoms with Crippen molar-refractivity contribution in [3.63, 3.8) is 0 Å². The van der Waals surface area contributed by atoms with E-state index < -0.39 is 0 Å². The molecule has 58 valence electrons. The van der Waals surface area contributed by atoms with Gasteiger partial charge in [-0.1, -0.05) is 26.8 Å². The molecule has 0 aromatic heterocycles. The SMILES string of the molecule is CCC1C=C(C(C)C)NC1. The zero-order valence-corrected chi connectivity index (χ0v) is 7.15. The Morgan fingerprint density at radius 2 is 2.40 bits per heavy atom. The molecule has 0 saturated carbocycles. The molecule has 0 radical (unpaired) electrons. The summed E-state index contributed by atoms with van der Waals surface area (Å²) in [4.78, 5) is 0. The first-order valence-corrected chi connectivity index (χ1v) is 4.19. The molecule has 0 spiro atoms. The molecular formula is C9H17N. The summed E-state index contributed by atoms with van der Waals surface area (Å²) in [5.41, 5.74) is 1.44. The van der Waals surface area contributed by atoms with E-state index in [0.29, 0.717) is 5.92 Å². The van der Waals surface area contributed by atoms with Crippen molar-refractivity contribution in [2.45, 2.75) is 27.2 Å². The van der Waals surface area contributed by atoms with Gasteiger partial charge in [-0.15, -0.1) is 0 Å². The molecule has 1 aliphatic rings. The first kappa shape index (κ1) is 7.64. The van der Waals surface area contributed by atoms with Crippen molar-refractivity contribution in [2.24, 2.45) is 11.8 Å². The summed E-state index contributed by atoms with van der Waals surface area (Å²) >= 11 is 0. The molecular weight excluding hydrogens is 122 g/mol. The minimum absolute atomic E-state index is 0.677.